The molecule has 0 aliphatic rings. The zero-order chi connectivity index (χ0) is 16.8. The van der Waals surface area contributed by atoms with Crippen LogP contribution < -0.4 is 5.32 Å². The fourth-order valence-corrected chi connectivity index (χ4v) is 2.35. The minimum atomic E-state index is -1.02. The standard InChI is InChI=1S/C18H20N2O3/c1-3-7-16(18(22)23)20-17(21)14-10-11-15(19-12(14)2)13-8-5-4-6-9-13/h4-6,8-11,16H,3,7H2,1-2H3,(H,20,21)(H,22,23). The number of carbonyl (C=O) groups excluding carboxylic acids is 1. The first-order valence-electron chi connectivity index (χ1n) is 7.59. The maximum Gasteiger partial charge on any atom is 0.326 e. The number of pyridine rings is 1. The number of aliphatic carboxylic acids is 1. The molecule has 1 aromatic carbocycles. The third kappa shape index (κ3) is 4.16. The van der Waals surface area contributed by atoms with E-state index in [4.69, 9.17) is 5.11 Å². The Labute approximate surface area is 135 Å². The van der Waals surface area contributed by atoms with Gasteiger partial charge in [0.15, 0.2) is 0 Å². The lowest BCUT2D eigenvalue weighted by Crippen LogP contribution is -2.40. The number of aryl methyl sites for hydroxylation is 1. The van der Waals surface area contributed by atoms with Gasteiger partial charge in [-0.05, 0) is 25.5 Å². The van der Waals surface area contributed by atoms with E-state index in [1.165, 1.54) is 0 Å². The molecule has 2 aromatic rings. The van der Waals surface area contributed by atoms with Gasteiger partial charge in [-0.1, -0.05) is 43.7 Å². The van der Waals surface area contributed by atoms with Crippen LogP contribution >= 0.6 is 0 Å². The topological polar surface area (TPSA) is 79.3 Å². The number of carbonyl (C=O) groups is 2. The Kier molecular flexibility index (Phi) is 5.46. The molecule has 1 amide bonds. The predicted molar refractivity (Wildman–Crippen MR) is 88.2 cm³/mol. The van der Waals surface area contributed by atoms with Gasteiger partial charge in [-0.25, -0.2) is 4.79 Å². The van der Waals surface area contributed by atoms with E-state index >= 15 is 0 Å². The number of carboxylic acid groups (broad SMARTS) is 1. The molecule has 5 heteroatoms. The molecular weight excluding hydrogens is 292 g/mol. The summed E-state index contributed by atoms with van der Waals surface area (Å²) in [6, 6.07) is 12.3. The average Bonchev–Trinajstić information content (AvgIpc) is 2.55. The number of aromatic nitrogens is 1. The van der Waals surface area contributed by atoms with Crippen molar-refractivity contribution in [3.63, 3.8) is 0 Å². The van der Waals surface area contributed by atoms with E-state index in [1.807, 2.05) is 37.3 Å². The van der Waals surface area contributed by atoms with Crippen LogP contribution in [0.15, 0.2) is 42.5 Å². The Morgan fingerprint density at radius 3 is 2.43 bits per heavy atom. The van der Waals surface area contributed by atoms with E-state index in [1.54, 1.807) is 19.1 Å². The summed E-state index contributed by atoms with van der Waals surface area (Å²) in [6.45, 7) is 3.63. The van der Waals surface area contributed by atoms with Crippen molar-refractivity contribution in [3.8, 4) is 11.3 Å². The molecule has 1 atom stereocenters. The molecule has 0 aliphatic heterocycles. The van der Waals surface area contributed by atoms with Crippen LogP contribution in [0.3, 0.4) is 0 Å². The first-order valence-corrected chi connectivity index (χ1v) is 7.59. The van der Waals surface area contributed by atoms with Crippen molar-refractivity contribution in [2.45, 2.75) is 32.7 Å². The number of carboxylic acids is 1. The van der Waals surface area contributed by atoms with E-state index in [2.05, 4.69) is 10.3 Å². The summed E-state index contributed by atoms with van der Waals surface area (Å²) in [4.78, 5) is 27.9. The van der Waals surface area contributed by atoms with Crippen LogP contribution in [0, 0.1) is 6.92 Å². The number of nitrogens with one attached hydrogen (secondary N) is 1. The number of hydrogen-bond acceptors (Lipinski definition) is 3. The highest BCUT2D eigenvalue weighted by molar-refractivity contribution is 5.97. The second-order valence-corrected chi connectivity index (χ2v) is 5.35. The first-order chi connectivity index (χ1) is 11.0. The molecule has 2 N–H and O–H groups in total. The molecule has 0 saturated heterocycles. The van der Waals surface area contributed by atoms with Crippen LogP contribution in [-0.4, -0.2) is 28.0 Å². The van der Waals surface area contributed by atoms with E-state index < -0.39 is 17.9 Å². The predicted octanol–water partition coefficient (Wildman–Crippen LogP) is 3.04. The molecule has 1 unspecified atom stereocenters. The summed E-state index contributed by atoms with van der Waals surface area (Å²) in [5.41, 5.74) is 2.72. The maximum absolute atomic E-state index is 12.3. The monoisotopic (exact) mass is 312 g/mol. The van der Waals surface area contributed by atoms with Crippen molar-refractivity contribution in [1.82, 2.24) is 10.3 Å². The fourth-order valence-electron chi connectivity index (χ4n) is 2.35. The Hall–Kier alpha value is -2.69. The Balaban J connectivity index is 2.20. The van der Waals surface area contributed by atoms with Gasteiger partial charge in [0.2, 0.25) is 0 Å². The van der Waals surface area contributed by atoms with Gasteiger partial charge >= 0.3 is 5.97 Å². The van der Waals surface area contributed by atoms with Crippen LogP contribution in [0.2, 0.25) is 0 Å². The highest BCUT2D eigenvalue weighted by Gasteiger charge is 2.21. The second-order valence-electron chi connectivity index (χ2n) is 5.35. The van der Waals surface area contributed by atoms with Crippen molar-refractivity contribution in [3.05, 3.63) is 53.7 Å². The Bertz CT molecular complexity index is 699. The SMILES string of the molecule is CCCC(NC(=O)c1ccc(-c2ccccc2)nc1C)C(=O)O. The first kappa shape index (κ1) is 16.7. The number of benzene rings is 1. The summed E-state index contributed by atoms with van der Waals surface area (Å²) in [5, 5.41) is 11.7. The summed E-state index contributed by atoms with van der Waals surface area (Å²) in [7, 11) is 0. The Morgan fingerprint density at radius 2 is 1.87 bits per heavy atom. The minimum absolute atomic E-state index is 0.395. The van der Waals surface area contributed by atoms with Gasteiger partial charge in [-0.3, -0.25) is 9.78 Å². The third-order valence-electron chi connectivity index (χ3n) is 3.58. The largest absolute Gasteiger partial charge is 0.480 e. The molecule has 2 rings (SSSR count). The normalized spacial score (nSPS) is 11.7. The lowest BCUT2D eigenvalue weighted by molar-refractivity contribution is -0.139. The van der Waals surface area contributed by atoms with Gasteiger partial charge in [-0.2, -0.15) is 0 Å². The average molecular weight is 312 g/mol. The fraction of sp³-hybridized carbons (Fsp3) is 0.278. The summed E-state index contributed by atoms with van der Waals surface area (Å²) in [5.74, 6) is -1.43. The number of rotatable bonds is 6. The van der Waals surface area contributed by atoms with Crippen molar-refractivity contribution < 1.29 is 14.7 Å². The molecule has 0 fully saturated rings. The minimum Gasteiger partial charge on any atom is -0.480 e. The van der Waals surface area contributed by atoms with Crippen molar-refractivity contribution in [2.24, 2.45) is 0 Å². The van der Waals surface area contributed by atoms with Gasteiger partial charge in [0.05, 0.1) is 17.0 Å². The van der Waals surface area contributed by atoms with Gasteiger partial charge in [-0.15, -0.1) is 0 Å². The van der Waals surface area contributed by atoms with Crippen LogP contribution in [0.5, 0.6) is 0 Å². The van der Waals surface area contributed by atoms with Crippen LogP contribution in [0.4, 0.5) is 0 Å². The molecule has 0 bridgehead atoms. The van der Waals surface area contributed by atoms with Gasteiger partial charge in [0.1, 0.15) is 6.04 Å². The van der Waals surface area contributed by atoms with Crippen LogP contribution in [0.1, 0.15) is 35.8 Å². The van der Waals surface area contributed by atoms with Crippen molar-refractivity contribution in [1.29, 1.82) is 0 Å². The second kappa shape index (κ2) is 7.54. The van der Waals surface area contributed by atoms with Crippen molar-refractivity contribution >= 4 is 11.9 Å². The highest BCUT2D eigenvalue weighted by Crippen LogP contribution is 2.18. The van der Waals surface area contributed by atoms with Crippen LogP contribution in [-0.2, 0) is 4.79 Å². The molecule has 23 heavy (non-hydrogen) atoms. The van der Waals surface area contributed by atoms with E-state index in [0.29, 0.717) is 24.1 Å². The van der Waals surface area contributed by atoms with Gasteiger partial charge < -0.3 is 10.4 Å². The molecule has 0 saturated carbocycles. The zero-order valence-corrected chi connectivity index (χ0v) is 13.2. The lowest BCUT2D eigenvalue weighted by Gasteiger charge is -2.14. The maximum atomic E-state index is 12.3. The summed E-state index contributed by atoms with van der Waals surface area (Å²) < 4.78 is 0. The molecule has 0 radical (unpaired) electrons. The van der Waals surface area contributed by atoms with Gasteiger partial charge in [0.25, 0.3) is 5.91 Å². The molecular formula is C18H20N2O3. The molecule has 0 aliphatic carbocycles. The molecule has 120 valence electrons. The van der Waals surface area contributed by atoms with E-state index in [0.717, 1.165) is 11.3 Å². The highest BCUT2D eigenvalue weighted by atomic mass is 16.4. The number of amides is 1. The zero-order valence-electron chi connectivity index (χ0n) is 13.2. The number of nitrogens with zero attached hydrogens (tertiary/aromatic N) is 1. The molecule has 1 aromatic heterocycles. The summed E-state index contributed by atoms with van der Waals surface area (Å²) >= 11 is 0. The Morgan fingerprint density at radius 1 is 1.17 bits per heavy atom. The van der Waals surface area contributed by atoms with Crippen molar-refractivity contribution in [2.75, 3.05) is 0 Å². The molecule has 0 spiro atoms. The molecule has 1 heterocycles. The van der Waals surface area contributed by atoms with E-state index in [9.17, 15) is 9.59 Å². The van der Waals surface area contributed by atoms with E-state index in [-0.39, 0.29) is 0 Å². The lowest BCUT2D eigenvalue weighted by atomic mass is 10.1. The third-order valence-corrected chi connectivity index (χ3v) is 3.58. The van der Waals surface area contributed by atoms with Gasteiger partial charge in [0, 0.05) is 5.56 Å². The quantitative estimate of drug-likeness (QED) is 0.859. The smallest absolute Gasteiger partial charge is 0.326 e. The number of hydrogen-bond donors (Lipinski definition) is 2. The molecule has 5 nitrogen and oxygen atoms in total. The summed E-state index contributed by atoms with van der Waals surface area (Å²) in [6.07, 6.45) is 1.08. The van der Waals surface area contributed by atoms with Crippen LogP contribution in [0.25, 0.3) is 11.3 Å².